The van der Waals surface area contributed by atoms with Crippen LogP contribution in [0.4, 0.5) is 4.39 Å². The molecule has 3 N–H and O–H groups in total. The van der Waals surface area contributed by atoms with Crippen molar-refractivity contribution < 1.29 is 18.7 Å². The molecule has 0 radical (unpaired) electrons. The molecule has 6 heteroatoms. The van der Waals surface area contributed by atoms with Crippen molar-refractivity contribution in [3.8, 4) is 5.75 Å². The molecule has 0 aromatic heterocycles. The molecule has 1 saturated heterocycles. The predicted molar refractivity (Wildman–Crippen MR) is 81.1 cm³/mol. The topological polar surface area (TPSA) is 73.6 Å². The number of benzene rings is 1. The Morgan fingerprint density at radius 1 is 1.50 bits per heavy atom. The maximum absolute atomic E-state index is 13.5. The predicted octanol–water partition coefficient (Wildman–Crippen LogP) is 1.77. The minimum absolute atomic E-state index is 0.0476. The number of hydrogen-bond donors (Lipinski definition) is 2. The lowest BCUT2D eigenvalue weighted by Gasteiger charge is -2.35. The summed E-state index contributed by atoms with van der Waals surface area (Å²) < 4.78 is 23.8. The summed E-state index contributed by atoms with van der Waals surface area (Å²) in [7, 11) is 1.43. The number of amides is 1. The molecule has 1 aliphatic rings. The molecule has 1 fully saturated rings. The molecule has 1 aliphatic heterocycles. The molecule has 5 nitrogen and oxygen atoms in total. The standard InChI is InChI=1S/C16H23FN2O3/c1-11(12-3-4-13(17)14(9-12)21-2)19-10-16(15(18)20)5-7-22-8-6-16/h3-4,9,11,19H,5-8,10H2,1-2H3,(H2,18,20). The monoisotopic (exact) mass is 310 g/mol. The van der Waals surface area contributed by atoms with Crippen LogP contribution in [0.1, 0.15) is 31.4 Å². The van der Waals surface area contributed by atoms with Gasteiger partial charge in [-0.1, -0.05) is 6.07 Å². The summed E-state index contributed by atoms with van der Waals surface area (Å²) in [4.78, 5) is 11.8. The first kappa shape index (κ1) is 16.7. The molecule has 0 bridgehead atoms. The Balaban J connectivity index is 2.05. The molecule has 0 aliphatic carbocycles. The molecule has 2 rings (SSSR count). The van der Waals surface area contributed by atoms with Crippen LogP contribution >= 0.6 is 0 Å². The molecule has 1 aromatic rings. The zero-order valence-electron chi connectivity index (χ0n) is 13.0. The van der Waals surface area contributed by atoms with Gasteiger partial charge in [-0.15, -0.1) is 0 Å². The lowest BCUT2D eigenvalue weighted by molar-refractivity contribution is -0.133. The highest BCUT2D eigenvalue weighted by molar-refractivity contribution is 5.81. The Morgan fingerprint density at radius 3 is 2.77 bits per heavy atom. The fourth-order valence-electron chi connectivity index (χ4n) is 2.68. The average Bonchev–Trinajstić information content (AvgIpc) is 2.53. The maximum Gasteiger partial charge on any atom is 0.225 e. The van der Waals surface area contributed by atoms with Crippen molar-refractivity contribution >= 4 is 5.91 Å². The van der Waals surface area contributed by atoms with Crippen LogP contribution in [0.5, 0.6) is 5.75 Å². The average molecular weight is 310 g/mol. The molecule has 1 heterocycles. The largest absolute Gasteiger partial charge is 0.494 e. The molecule has 1 amide bonds. The number of carbonyl (C=O) groups is 1. The number of nitrogens with two attached hydrogens (primary N) is 1. The van der Waals surface area contributed by atoms with Gasteiger partial charge < -0.3 is 20.5 Å². The number of ether oxygens (including phenoxy) is 2. The summed E-state index contributed by atoms with van der Waals surface area (Å²) >= 11 is 0. The van der Waals surface area contributed by atoms with Crippen LogP contribution < -0.4 is 15.8 Å². The van der Waals surface area contributed by atoms with Crippen LogP contribution in [0.25, 0.3) is 0 Å². The first-order chi connectivity index (χ1) is 10.5. The van der Waals surface area contributed by atoms with E-state index < -0.39 is 11.2 Å². The van der Waals surface area contributed by atoms with E-state index >= 15 is 0 Å². The maximum atomic E-state index is 13.5. The molecular formula is C16H23FN2O3. The van der Waals surface area contributed by atoms with Crippen molar-refractivity contribution in [1.29, 1.82) is 0 Å². The summed E-state index contributed by atoms with van der Waals surface area (Å²) in [6.45, 7) is 3.53. The number of methoxy groups -OCH3 is 1. The first-order valence-corrected chi connectivity index (χ1v) is 7.43. The minimum Gasteiger partial charge on any atom is -0.494 e. The molecule has 1 aromatic carbocycles. The molecule has 1 unspecified atom stereocenters. The van der Waals surface area contributed by atoms with Crippen molar-refractivity contribution in [2.45, 2.75) is 25.8 Å². The van der Waals surface area contributed by atoms with Gasteiger partial charge in [-0.25, -0.2) is 4.39 Å². The SMILES string of the molecule is COc1cc(C(C)NCC2(C(N)=O)CCOCC2)ccc1F. The molecule has 0 saturated carbocycles. The van der Waals surface area contributed by atoms with E-state index in [1.54, 1.807) is 12.1 Å². The van der Waals surface area contributed by atoms with Crippen molar-refractivity contribution in [3.63, 3.8) is 0 Å². The van der Waals surface area contributed by atoms with Crippen LogP contribution in [0.2, 0.25) is 0 Å². The number of primary amides is 1. The highest BCUT2D eigenvalue weighted by Gasteiger charge is 2.38. The van der Waals surface area contributed by atoms with Gasteiger partial charge in [0.05, 0.1) is 12.5 Å². The Morgan fingerprint density at radius 2 is 2.18 bits per heavy atom. The van der Waals surface area contributed by atoms with Gasteiger partial charge in [0.15, 0.2) is 11.6 Å². The fourth-order valence-corrected chi connectivity index (χ4v) is 2.68. The van der Waals surface area contributed by atoms with E-state index in [9.17, 15) is 9.18 Å². The van der Waals surface area contributed by atoms with Crippen LogP contribution in [-0.2, 0) is 9.53 Å². The van der Waals surface area contributed by atoms with Crippen LogP contribution in [-0.4, -0.2) is 32.8 Å². The van der Waals surface area contributed by atoms with Crippen LogP contribution in [0, 0.1) is 11.2 Å². The van der Waals surface area contributed by atoms with Gasteiger partial charge in [0.2, 0.25) is 5.91 Å². The van der Waals surface area contributed by atoms with Gasteiger partial charge in [-0.05, 0) is 37.5 Å². The second-order valence-electron chi connectivity index (χ2n) is 5.75. The number of carbonyl (C=O) groups excluding carboxylic acids is 1. The van der Waals surface area contributed by atoms with Gasteiger partial charge in [-0.3, -0.25) is 4.79 Å². The van der Waals surface area contributed by atoms with E-state index in [-0.39, 0.29) is 17.7 Å². The summed E-state index contributed by atoms with van der Waals surface area (Å²) in [5.74, 6) is -0.481. The minimum atomic E-state index is -0.573. The van der Waals surface area contributed by atoms with E-state index in [0.29, 0.717) is 32.6 Å². The Labute approximate surface area is 130 Å². The van der Waals surface area contributed by atoms with Crippen molar-refractivity contribution in [3.05, 3.63) is 29.6 Å². The Kier molecular flexibility index (Phi) is 5.37. The van der Waals surface area contributed by atoms with Crippen molar-refractivity contribution in [2.75, 3.05) is 26.9 Å². The zero-order valence-corrected chi connectivity index (χ0v) is 13.0. The first-order valence-electron chi connectivity index (χ1n) is 7.43. The lowest BCUT2D eigenvalue weighted by Crippen LogP contribution is -2.48. The van der Waals surface area contributed by atoms with Crippen LogP contribution in [0.15, 0.2) is 18.2 Å². The smallest absolute Gasteiger partial charge is 0.225 e. The molecular weight excluding hydrogens is 287 g/mol. The van der Waals surface area contributed by atoms with Gasteiger partial charge in [-0.2, -0.15) is 0 Å². The van der Waals surface area contributed by atoms with Crippen molar-refractivity contribution in [2.24, 2.45) is 11.1 Å². The van der Waals surface area contributed by atoms with Gasteiger partial charge in [0.1, 0.15) is 0 Å². The van der Waals surface area contributed by atoms with Gasteiger partial charge in [0.25, 0.3) is 0 Å². The van der Waals surface area contributed by atoms with E-state index in [2.05, 4.69) is 5.32 Å². The normalized spacial score (nSPS) is 18.7. The van der Waals surface area contributed by atoms with E-state index in [4.69, 9.17) is 15.2 Å². The summed E-state index contributed by atoms with van der Waals surface area (Å²) in [5.41, 5.74) is 5.91. The Bertz CT molecular complexity index is 530. The van der Waals surface area contributed by atoms with Gasteiger partial charge in [0, 0.05) is 25.8 Å². The fraction of sp³-hybridized carbons (Fsp3) is 0.562. The quantitative estimate of drug-likeness (QED) is 0.840. The Hall–Kier alpha value is -1.66. The number of halogens is 1. The number of nitrogens with one attached hydrogen (secondary N) is 1. The lowest BCUT2D eigenvalue weighted by atomic mass is 9.79. The van der Waals surface area contributed by atoms with E-state index in [0.717, 1.165) is 5.56 Å². The molecule has 1 atom stereocenters. The van der Waals surface area contributed by atoms with E-state index in [1.165, 1.54) is 13.2 Å². The number of rotatable bonds is 6. The third-order valence-electron chi connectivity index (χ3n) is 4.39. The molecule has 0 spiro atoms. The van der Waals surface area contributed by atoms with E-state index in [1.807, 2.05) is 6.92 Å². The second kappa shape index (κ2) is 7.07. The third kappa shape index (κ3) is 3.56. The molecule has 122 valence electrons. The van der Waals surface area contributed by atoms with Gasteiger partial charge >= 0.3 is 0 Å². The summed E-state index contributed by atoms with van der Waals surface area (Å²) in [6.07, 6.45) is 1.24. The highest BCUT2D eigenvalue weighted by atomic mass is 19.1. The zero-order chi connectivity index (χ0) is 16.2. The molecule has 22 heavy (non-hydrogen) atoms. The summed E-state index contributed by atoms with van der Waals surface area (Å²) in [6, 6.07) is 4.70. The highest BCUT2D eigenvalue weighted by Crippen LogP contribution is 2.30. The van der Waals surface area contributed by atoms with Crippen molar-refractivity contribution in [1.82, 2.24) is 5.32 Å². The third-order valence-corrected chi connectivity index (χ3v) is 4.39. The number of hydrogen-bond acceptors (Lipinski definition) is 4. The second-order valence-corrected chi connectivity index (χ2v) is 5.75. The van der Waals surface area contributed by atoms with Crippen LogP contribution in [0.3, 0.4) is 0 Å². The summed E-state index contributed by atoms with van der Waals surface area (Å²) in [5, 5.41) is 3.33.